The maximum atomic E-state index is 11.9. The highest BCUT2D eigenvalue weighted by molar-refractivity contribution is 6.77. The van der Waals surface area contributed by atoms with E-state index in [-0.39, 0.29) is 5.69 Å². The summed E-state index contributed by atoms with van der Waals surface area (Å²) >= 11 is 62.5. The molecular weight excluding hydrogens is 559 g/mol. The van der Waals surface area contributed by atoms with Gasteiger partial charge in [0.05, 0.1) is 0 Å². The highest BCUT2D eigenvalue weighted by Crippen LogP contribution is 2.73. The van der Waals surface area contributed by atoms with Gasteiger partial charge >= 0.3 is 0 Å². The van der Waals surface area contributed by atoms with E-state index in [2.05, 4.69) is 0 Å². The van der Waals surface area contributed by atoms with E-state index in [0.29, 0.717) is 5.01 Å². The molecule has 4 nitrogen and oxygen atoms in total. The van der Waals surface area contributed by atoms with Gasteiger partial charge in [0.2, 0.25) is 5.00 Å². The molecule has 2 unspecified atom stereocenters. The van der Waals surface area contributed by atoms with E-state index in [9.17, 15) is 10.1 Å². The Balaban J connectivity index is 2.84. The fraction of sp³-hybridized carbons (Fsp3) is 0.500. The molecule has 2 rings (SSSR count). The van der Waals surface area contributed by atoms with E-state index in [1.165, 1.54) is 24.3 Å². The van der Waals surface area contributed by atoms with Crippen LogP contribution in [0.3, 0.4) is 0 Å². The van der Waals surface area contributed by atoms with Gasteiger partial charge in [-0.15, -0.1) is 11.6 Å². The number of alkyl halides is 10. The van der Waals surface area contributed by atoms with Crippen LogP contribution < -0.4 is 5.01 Å². The van der Waals surface area contributed by atoms with Crippen molar-refractivity contribution in [3.8, 4) is 0 Å². The number of para-hydroxylation sites is 1. The van der Waals surface area contributed by atoms with E-state index in [1.54, 1.807) is 6.07 Å². The fourth-order valence-corrected chi connectivity index (χ4v) is 6.45. The molecule has 0 aliphatic heterocycles. The number of hydrogen-bond acceptors (Lipinski definition) is 2. The van der Waals surface area contributed by atoms with E-state index < -0.39 is 32.7 Å². The van der Waals surface area contributed by atoms with E-state index in [0.717, 1.165) is 0 Å². The van der Waals surface area contributed by atoms with Crippen LogP contribution in [0.5, 0.6) is 0 Å². The average Bonchev–Trinajstić information content (AvgIpc) is 2.53. The van der Waals surface area contributed by atoms with Crippen molar-refractivity contribution in [2.45, 2.75) is 27.7 Å². The number of hydrogen-bond donors (Lipinski definition) is 0. The predicted molar refractivity (Wildman–Crippen MR) is 112 cm³/mol. The molecule has 1 aliphatic carbocycles. The van der Waals surface area contributed by atoms with Crippen LogP contribution in [0.25, 0.3) is 0 Å². The van der Waals surface area contributed by atoms with Gasteiger partial charge in [0.1, 0.15) is 11.1 Å². The van der Waals surface area contributed by atoms with Crippen LogP contribution in [0.1, 0.15) is 0 Å². The molecule has 2 atom stereocenters. The Labute approximate surface area is 198 Å². The fourth-order valence-electron chi connectivity index (χ4n) is 2.40. The van der Waals surface area contributed by atoms with Gasteiger partial charge in [0.25, 0.3) is 0 Å². The van der Waals surface area contributed by atoms with Crippen LogP contribution in [-0.4, -0.2) is 32.7 Å². The zero-order valence-corrected chi connectivity index (χ0v) is 19.5. The molecule has 0 N–H and O–H groups in total. The Morgan fingerprint density at radius 3 is 1.73 bits per heavy atom. The molecule has 0 bridgehead atoms. The van der Waals surface area contributed by atoms with Crippen LogP contribution in [-0.2, 0) is 0 Å². The zero-order chi connectivity index (χ0) is 20.3. The highest BCUT2D eigenvalue weighted by Gasteiger charge is 2.86. The number of nitrogens with zero attached hydrogens (tertiary/aromatic N) is 2. The van der Waals surface area contributed by atoms with Gasteiger partial charge in [-0.1, -0.05) is 128 Å². The number of anilines is 1. The molecule has 1 saturated carbocycles. The first kappa shape index (κ1) is 23.6. The lowest BCUT2D eigenvalue weighted by molar-refractivity contribution is -0.504. The molecule has 0 spiro atoms. The van der Waals surface area contributed by atoms with E-state index >= 15 is 0 Å². The summed E-state index contributed by atoms with van der Waals surface area (Å²) in [4.78, 5) is 9.26. The lowest BCUT2D eigenvalue weighted by Crippen LogP contribution is -2.81. The molecule has 0 heterocycles. The summed E-state index contributed by atoms with van der Waals surface area (Å²) in [5, 5.41) is 9.46. The number of rotatable bonds is 3. The molecule has 1 aromatic rings. The highest BCUT2D eigenvalue weighted by atomic mass is 35.6. The number of halogens is 10. The van der Waals surface area contributed by atoms with Crippen molar-refractivity contribution in [1.29, 1.82) is 0 Å². The van der Waals surface area contributed by atoms with Crippen molar-refractivity contribution in [2.24, 2.45) is 0 Å². The SMILES string of the molecule is O=[N+]([O-])N(c1ccccc1)C1(Cl)C(Cl)C(Cl)(Cl)C(Cl)(Cl)C(Cl)(Cl)C1(Cl)Cl. The topological polar surface area (TPSA) is 46.4 Å². The molecule has 14 heteroatoms. The molecule has 0 radical (unpaired) electrons. The first-order valence-electron chi connectivity index (χ1n) is 6.42. The lowest BCUT2D eigenvalue weighted by atomic mass is 9.89. The minimum Gasteiger partial charge on any atom is -0.234 e. The number of hydrazine groups is 1. The quantitative estimate of drug-likeness (QED) is 0.173. The smallest absolute Gasteiger partial charge is 0.233 e. The van der Waals surface area contributed by atoms with Crippen molar-refractivity contribution in [2.75, 3.05) is 5.01 Å². The Morgan fingerprint density at radius 2 is 1.31 bits per heavy atom. The summed E-state index contributed by atoms with van der Waals surface area (Å²) < 4.78 is -10.1. The molecule has 0 saturated heterocycles. The van der Waals surface area contributed by atoms with Crippen molar-refractivity contribution in [3.05, 3.63) is 40.4 Å². The van der Waals surface area contributed by atoms with E-state index in [4.69, 9.17) is 116 Å². The maximum absolute atomic E-state index is 11.9. The van der Waals surface area contributed by atoms with Gasteiger partial charge in [-0.05, 0) is 12.1 Å². The van der Waals surface area contributed by atoms with Crippen LogP contribution >= 0.6 is 116 Å². The van der Waals surface area contributed by atoms with Crippen molar-refractivity contribution in [3.63, 3.8) is 0 Å². The molecule has 26 heavy (non-hydrogen) atoms. The number of nitro groups is 1. The van der Waals surface area contributed by atoms with Crippen LogP contribution in [0.4, 0.5) is 5.69 Å². The van der Waals surface area contributed by atoms with Gasteiger partial charge in [-0.3, -0.25) is 0 Å². The molecule has 146 valence electrons. The second-order valence-corrected chi connectivity index (χ2v) is 11.6. The summed E-state index contributed by atoms with van der Waals surface area (Å²) in [6, 6.07) is 7.30. The van der Waals surface area contributed by atoms with Gasteiger partial charge in [0, 0.05) is 0 Å². The first-order chi connectivity index (χ1) is 11.6. The molecule has 0 aromatic heterocycles. The Hall–Kier alpha value is 1.32. The second-order valence-electron chi connectivity index (χ2n) is 5.27. The third kappa shape index (κ3) is 2.94. The van der Waals surface area contributed by atoms with Gasteiger partial charge in [0.15, 0.2) is 22.4 Å². The van der Waals surface area contributed by atoms with Gasteiger partial charge in [-0.2, -0.15) is 0 Å². The summed E-state index contributed by atoms with van der Waals surface area (Å²) in [6.07, 6.45) is 0. The summed E-state index contributed by atoms with van der Waals surface area (Å²) in [6.45, 7) is 0. The Morgan fingerprint density at radius 1 is 0.846 bits per heavy atom. The van der Waals surface area contributed by atoms with Gasteiger partial charge < -0.3 is 0 Å². The standard InChI is InChI=1S/C12H6Cl10N2O2/c13-7-8(14,15)10(17,18)12(21,22)11(19,20)9(7,16)23(24(25)26)6-4-2-1-3-5-6/h1-5,7H. The number of benzene rings is 1. The molecule has 1 fully saturated rings. The molecule has 0 amide bonds. The van der Waals surface area contributed by atoms with Crippen LogP contribution in [0.2, 0.25) is 0 Å². The Kier molecular flexibility index (Phi) is 6.56. The second kappa shape index (κ2) is 7.23. The summed E-state index contributed by atoms with van der Waals surface area (Å²) in [5.74, 6) is 0. The largest absolute Gasteiger partial charge is 0.234 e. The molecule has 1 aromatic carbocycles. The third-order valence-corrected chi connectivity index (χ3v) is 11.2. The van der Waals surface area contributed by atoms with Gasteiger partial charge in [-0.25, -0.2) is 10.1 Å². The third-order valence-electron chi connectivity index (χ3n) is 3.77. The zero-order valence-electron chi connectivity index (χ0n) is 12.0. The van der Waals surface area contributed by atoms with Crippen LogP contribution in [0.15, 0.2) is 30.3 Å². The Bertz CT molecular complexity index is 713. The molecule has 1 aliphatic rings. The monoisotopic (exact) mass is 560 g/mol. The lowest BCUT2D eigenvalue weighted by Gasteiger charge is -2.60. The maximum Gasteiger partial charge on any atom is 0.233 e. The van der Waals surface area contributed by atoms with Crippen LogP contribution in [0, 0.1) is 10.1 Å². The average molecular weight is 565 g/mol. The minimum atomic E-state index is -2.64. The summed E-state index contributed by atoms with van der Waals surface area (Å²) in [7, 11) is 0. The van der Waals surface area contributed by atoms with Crippen molar-refractivity contribution >= 4 is 122 Å². The van der Waals surface area contributed by atoms with E-state index in [1.807, 2.05) is 0 Å². The van der Waals surface area contributed by atoms with Crippen molar-refractivity contribution < 1.29 is 5.03 Å². The summed E-state index contributed by atoms with van der Waals surface area (Å²) in [5.41, 5.74) is -0.0614. The predicted octanol–water partition coefficient (Wildman–Crippen LogP) is 6.94. The van der Waals surface area contributed by atoms with Crippen molar-refractivity contribution in [1.82, 2.24) is 0 Å². The minimum absolute atomic E-state index is 0.0614. The first-order valence-corrected chi connectivity index (χ1v) is 10.3. The normalized spacial score (nSPS) is 31.2. The molecular formula is C12H6Cl10N2O2.